The monoisotopic (exact) mass is 444 g/mol. The van der Waals surface area contributed by atoms with E-state index in [1.165, 1.54) is 23.8 Å². The standard InChI is InChI=1S/C23H26ClFN4O2/c1-16-3-2-4-17(13-16)15-28-11-12-29(23(28)31)19-7-9-27(10-8-19)22(30)26-18-5-6-21(25)20(24)14-18/h2-6,13-14,19H,7-12,15H2,1H3,(H,26,30). The van der Waals surface area contributed by atoms with Crippen LogP contribution in [-0.4, -0.2) is 59.0 Å². The number of carbonyl (C=O) groups is 2. The Morgan fingerprint density at radius 2 is 1.90 bits per heavy atom. The highest BCUT2D eigenvalue weighted by Crippen LogP contribution is 2.24. The molecule has 2 aromatic carbocycles. The lowest BCUT2D eigenvalue weighted by Gasteiger charge is -2.36. The third kappa shape index (κ3) is 4.93. The number of nitrogens with zero attached hydrogens (tertiary/aromatic N) is 3. The number of halogens is 2. The van der Waals surface area contributed by atoms with Crippen LogP contribution in [0.5, 0.6) is 0 Å². The van der Waals surface area contributed by atoms with Crippen molar-refractivity contribution in [3.8, 4) is 0 Å². The smallest absolute Gasteiger partial charge is 0.321 e. The number of aryl methyl sites for hydroxylation is 1. The number of amides is 4. The molecule has 4 amide bonds. The molecule has 2 aliphatic rings. The summed E-state index contributed by atoms with van der Waals surface area (Å²) in [6, 6.07) is 12.3. The van der Waals surface area contributed by atoms with E-state index in [0.29, 0.717) is 25.3 Å². The first-order chi connectivity index (χ1) is 14.9. The SMILES string of the molecule is Cc1cccc(CN2CCN(C3CCN(C(=O)Nc4ccc(F)c(Cl)c4)CC3)C2=O)c1. The quantitative estimate of drug-likeness (QED) is 0.741. The minimum absolute atomic E-state index is 0.0285. The molecule has 8 heteroatoms. The van der Waals surface area contributed by atoms with Crippen molar-refractivity contribution in [1.29, 1.82) is 0 Å². The van der Waals surface area contributed by atoms with Gasteiger partial charge in [-0.2, -0.15) is 0 Å². The Balaban J connectivity index is 1.29. The second kappa shape index (κ2) is 9.14. The Hall–Kier alpha value is -2.80. The Bertz CT molecular complexity index is 978. The van der Waals surface area contributed by atoms with Crippen LogP contribution in [0.15, 0.2) is 42.5 Å². The number of piperidine rings is 1. The molecule has 4 rings (SSSR count). The van der Waals surface area contributed by atoms with E-state index in [-0.39, 0.29) is 23.1 Å². The van der Waals surface area contributed by atoms with Crippen LogP contribution in [-0.2, 0) is 6.54 Å². The third-order valence-electron chi connectivity index (χ3n) is 5.95. The number of hydrogen-bond donors (Lipinski definition) is 1. The van der Waals surface area contributed by atoms with Gasteiger partial charge in [-0.15, -0.1) is 0 Å². The van der Waals surface area contributed by atoms with Gasteiger partial charge in [0.05, 0.1) is 5.02 Å². The van der Waals surface area contributed by atoms with E-state index >= 15 is 0 Å². The first kappa shape index (κ1) is 21.4. The van der Waals surface area contributed by atoms with Crippen LogP contribution < -0.4 is 5.32 Å². The van der Waals surface area contributed by atoms with E-state index in [0.717, 1.165) is 31.5 Å². The van der Waals surface area contributed by atoms with Gasteiger partial charge in [0.1, 0.15) is 5.82 Å². The minimum atomic E-state index is -0.521. The second-order valence-electron chi connectivity index (χ2n) is 8.16. The molecule has 0 aromatic heterocycles. The summed E-state index contributed by atoms with van der Waals surface area (Å²) >= 11 is 5.78. The summed E-state index contributed by atoms with van der Waals surface area (Å²) in [6.07, 6.45) is 1.48. The Labute approximate surface area is 186 Å². The molecule has 0 aliphatic carbocycles. The van der Waals surface area contributed by atoms with Crippen molar-refractivity contribution in [3.63, 3.8) is 0 Å². The maximum absolute atomic E-state index is 13.3. The average molecular weight is 445 g/mol. The predicted octanol–water partition coefficient (Wildman–Crippen LogP) is 4.72. The summed E-state index contributed by atoms with van der Waals surface area (Å²) in [5.41, 5.74) is 2.79. The van der Waals surface area contributed by atoms with Crippen molar-refractivity contribution in [2.24, 2.45) is 0 Å². The van der Waals surface area contributed by atoms with Gasteiger partial charge in [0.15, 0.2) is 0 Å². The summed E-state index contributed by atoms with van der Waals surface area (Å²) in [5.74, 6) is -0.521. The summed E-state index contributed by atoms with van der Waals surface area (Å²) < 4.78 is 13.3. The maximum Gasteiger partial charge on any atom is 0.321 e. The van der Waals surface area contributed by atoms with Crippen molar-refractivity contribution >= 4 is 29.4 Å². The Kier molecular flexibility index (Phi) is 6.32. The average Bonchev–Trinajstić information content (AvgIpc) is 3.11. The zero-order chi connectivity index (χ0) is 22.0. The van der Waals surface area contributed by atoms with Gasteiger partial charge >= 0.3 is 12.1 Å². The molecule has 0 saturated carbocycles. The van der Waals surface area contributed by atoms with E-state index in [4.69, 9.17) is 11.6 Å². The number of anilines is 1. The lowest BCUT2D eigenvalue weighted by Crippen LogP contribution is -2.49. The first-order valence-corrected chi connectivity index (χ1v) is 10.9. The topological polar surface area (TPSA) is 55.9 Å². The fourth-order valence-electron chi connectivity index (χ4n) is 4.27. The highest BCUT2D eigenvalue weighted by atomic mass is 35.5. The van der Waals surface area contributed by atoms with Gasteiger partial charge in [-0.3, -0.25) is 0 Å². The molecular weight excluding hydrogens is 419 g/mol. The van der Waals surface area contributed by atoms with Crippen molar-refractivity contribution in [2.45, 2.75) is 32.4 Å². The predicted molar refractivity (Wildman–Crippen MR) is 119 cm³/mol. The van der Waals surface area contributed by atoms with Crippen LogP contribution >= 0.6 is 11.6 Å². The van der Waals surface area contributed by atoms with Crippen molar-refractivity contribution in [2.75, 3.05) is 31.5 Å². The van der Waals surface area contributed by atoms with Gasteiger partial charge in [0.25, 0.3) is 0 Å². The molecule has 0 unspecified atom stereocenters. The van der Waals surface area contributed by atoms with Gasteiger partial charge in [-0.05, 0) is 43.5 Å². The van der Waals surface area contributed by atoms with Gasteiger partial charge in [0.2, 0.25) is 0 Å². The van der Waals surface area contributed by atoms with E-state index < -0.39 is 5.82 Å². The van der Waals surface area contributed by atoms with Gasteiger partial charge in [-0.1, -0.05) is 41.4 Å². The zero-order valence-electron chi connectivity index (χ0n) is 17.5. The van der Waals surface area contributed by atoms with Crippen molar-refractivity contribution in [1.82, 2.24) is 14.7 Å². The minimum Gasteiger partial charge on any atom is -0.324 e. The summed E-state index contributed by atoms with van der Waals surface area (Å²) in [6.45, 7) is 5.24. The van der Waals surface area contributed by atoms with Crippen LogP contribution in [0.3, 0.4) is 0 Å². The van der Waals surface area contributed by atoms with Gasteiger partial charge in [-0.25, -0.2) is 14.0 Å². The maximum atomic E-state index is 13.3. The van der Waals surface area contributed by atoms with E-state index in [1.54, 1.807) is 4.90 Å². The molecule has 6 nitrogen and oxygen atoms in total. The Morgan fingerprint density at radius 1 is 1.13 bits per heavy atom. The second-order valence-corrected chi connectivity index (χ2v) is 8.57. The van der Waals surface area contributed by atoms with Crippen LogP contribution in [0.1, 0.15) is 24.0 Å². The number of rotatable bonds is 4. The number of benzene rings is 2. The normalized spacial score (nSPS) is 17.4. The molecule has 164 valence electrons. The van der Waals surface area contributed by atoms with E-state index in [9.17, 15) is 14.0 Å². The molecule has 2 heterocycles. The summed E-state index contributed by atoms with van der Waals surface area (Å²) in [5, 5.41) is 2.73. The molecule has 0 bridgehead atoms. The number of likely N-dealkylation sites (tertiary alicyclic amines) is 1. The molecule has 2 aromatic rings. The molecule has 1 N–H and O–H groups in total. The van der Waals surface area contributed by atoms with Crippen LogP contribution in [0.2, 0.25) is 5.02 Å². The molecule has 2 fully saturated rings. The molecule has 31 heavy (non-hydrogen) atoms. The van der Waals surface area contributed by atoms with Gasteiger partial charge < -0.3 is 20.0 Å². The molecular formula is C23H26ClFN4O2. The van der Waals surface area contributed by atoms with Crippen LogP contribution in [0.25, 0.3) is 0 Å². The summed E-state index contributed by atoms with van der Waals surface area (Å²) in [4.78, 5) is 31.0. The first-order valence-electron chi connectivity index (χ1n) is 10.5. The number of nitrogens with one attached hydrogen (secondary N) is 1. The molecule has 2 aliphatic heterocycles. The number of hydrogen-bond acceptors (Lipinski definition) is 2. The zero-order valence-corrected chi connectivity index (χ0v) is 18.2. The lowest BCUT2D eigenvalue weighted by atomic mass is 10.0. The van der Waals surface area contributed by atoms with Crippen molar-refractivity contribution in [3.05, 3.63) is 64.4 Å². The molecule has 0 spiro atoms. The number of carbonyl (C=O) groups excluding carboxylic acids is 2. The third-order valence-corrected chi connectivity index (χ3v) is 6.24. The highest BCUT2D eigenvalue weighted by molar-refractivity contribution is 6.31. The Morgan fingerprint density at radius 3 is 2.61 bits per heavy atom. The lowest BCUT2D eigenvalue weighted by molar-refractivity contribution is 0.139. The highest BCUT2D eigenvalue weighted by Gasteiger charge is 2.36. The molecule has 2 saturated heterocycles. The summed E-state index contributed by atoms with van der Waals surface area (Å²) in [7, 11) is 0. The van der Waals surface area contributed by atoms with Crippen LogP contribution in [0.4, 0.5) is 19.7 Å². The van der Waals surface area contributed by atoms with Crippen molar-refractivity contribution < 1.29 is 14.0 Å². The molecule has 0 radical (unpaired) electrons. The fraction of sp³-hybridized carbons (Fsp3) is 0.391. The largest absolute Gasteiger partial charge is 0.324 e. The fourth-order valence-corrected chi connectivity index (χ4v) is 4.46. The van der Waals surface area contributed by atoms with E-state index in [1.807, 2.05) is 21.9 Å². The van der Waals surface area contributed by atoms with Gasteiger partial charge in [0, 0.05) is 44.5 Å². The van der Waals surface area contributed by atoms with E-state index in [2.05, 4.69) is 24.4 Å². The number of urea groups is 2. The molecule has 0 atom stereocenters. The van der Waals surface area contributed by atoms with Crippen LogP contribution in [0, 0.1) is 12.7 Å².